The van der Waals surface area contributed by atoms with Crippen LogP contribution in [0.5, 0.6) is 17.2 Å². The summed E-state index contributed by atoms with van der Waals surface area (Å²) in [6.07, 6.45) is 2.34. The molecule has 0 fully saturated rings. The minimum absolute atomic E-state index is 0.0256. The monoisotopic (exact) mass is 398 g/mol. The molecule has 1 amide bonds. The number of hydrogen-bond donors (Lipinski definition) is 1. The SMILES string of the molecule is C=CCc1cc(C(=O)NCC(c2ccc(OC)cc2)N(C)C)cc(OC)c1OC. The highest BCUT2D eigenvalue weighted by atomic mass is 16.5. The third-order valence-electron chi connectivity index (χ3n) is 4.76. The fourth-order valence-corrected chi connectivity index (χ4v) is 3.20. The molecule has 6 nitrogen and oxygen atoms in total. The molecule has 2 aromatic carbocycles. The minimum atomic E-state index is -0.170. The Kier molecular flexibility index (Phi) is 8.09. The van der Waals surface area contributed by atoms with Crippen LogP contribution in [-0.4, -0.2) is 52.8 Å². The number of likely N-dealkylation sites (N-methyl/N-ethyl adjacent to an activating group) is 1. The number of hydrogen-bond acceptors (Lipinski definition) is 5. The van der Waals surface area contributed by atoms with E-state index in [0.717, 1.165) is 16.9 Å². The summed E-state index contributed by atoms with van der Waals surface area (Å²) in [5.41, 5.74) is 2.47. The van der Waals surface area contributed by atoms with E-state index in [1.54, 1.807) is 33.5 Å². The van der Waals surface area contributed by atoms with Gasteiger partial charge in [0.1, 0.15) is 5.75 Å². The number of methoxy groups -OCH3 is 3. The van der Waals surface area contributed by atoms with Crippen molar-refractivity contribution in [2.75, 3.05) is 42.0 Å². The molecular weight excluding hydrogens is 368 g/mol. The summed E-state index contributed by atoms with van der Waals surface area (Å²) in [6.45, 7) is 4.24. The molecule has 0 saturated heterocycles. The van der Waals surface area contributed by atoms with Gasteiger partial charge in [0.15, 0.2) is 11.5 Å². The van der Waals surface area contributed by atoms with E-state index >= 15 is 0 Å². The lowest BCUT2D eigenvalue weighted by molar-refractivity contribution is 0.0941. The second-order valence-electron chi connectivity index (χ2n) is 6.83. The van der Waals surface area contributed by atoms with Crippen LogP contribution in [-0.2, 0) is 6.42 Å². The first kappa shape index (κ1) is 22.3. The molecule has 2 aromatic rings. The molecule has 2 rings (SSSR count). The third kappa shape index (κ3) is 5.51. The number of amides is 1. The Morgan fingerprint density at radius 1 is 1.10 bits per heavy atom. The third-order valence-corrected chi connectivity index (χ3v) is 4.76. The fourth-order valence-electron chi connectivity index (χ4n) is 3.20. The van der Waals surface area contributed by atoms with Crippen molar-refractivity contribution in [1.29, 1.82) is 0 Å². The number of benzene rings is 2. The van der Waals surface area contributed by atoms with Gasteiger partial charge in [-0.15, -0.1) is 6.58 Å². The molecule has 0 heterocycles. The summed E-state index contributed by atoms with van der Waals surface area (Å²) in [6, 6.07) is 11.4. The average molecular weight is 399 g/mol. The Morgan fingerprint density at radius 2 is 1.79 bits per heavy atom. The molecule has 0 saturated carbocycles. The quantitative estimate of drug-likeness (QED) is 0.621. The van der Waals surface area contributed by atoms with E-state index in [-0.39, 0.29) is 11.9 Å². The van der Waals surface area contributed by atoms with E-state index in [1.807, 2.05) is 44.4 Å². The molecule has 0 spiro atoms. The standard InChI is InChI=1S/C23H30N2O4/c1-7-8-17-13-18(14-21(28-5)22(17)29-6)23(26)24-15-20(25(2)3)16-9-11-19(27-4)12-10-16/h7,9-14,20H,1,8,15H2,2-6H3,(H,24,26). The Bertz CT molecular complexity index is 832. The molecule has 1 unspecified atom stereocenters. The summed E-state index contributed by atoms with van der Waals surface area (Å²) < 4.78 is 16.1. The van der Waals surface area contributed by atoms with Gasteiger partial charge in [-0.2, -0.15) is 0 Å². The van der Waals surface area contributed by atoms with Crippen molar-refractivity contribution < 1.29 is 19.0 Å². The molecule has 0 bridgehead atoms. The van der Waals surface area contributed by atoms with E-state index in [0.29, 0.717) is 30.0 Å². The van der Waals surface area contributed by atoms with Crippen LogP contribution in [0.25, 0.3) is 0 Å². The van der Waals surface area contributed by atoms with Gasteiger partial charge in [-0.05, 0) is 50.3 Å². The highest BCUT2D eigenvalue weighted by Gasteiger charge is 2.19. The van der Waals surface area contributed by atoms with Crippen LogP contribution in [0.4, 0.5) is 0 Å². The molecule has 0 aliphatic rings. The van der Waals surface area contributed by atoms with Crippen molar-refractivity contribution in [2.24, 2.45) is 0 Å². The van der Waals surface area contributed by atoms with Crippen molar-refractivity contribution in [3.05, 3.63) is 65.7 Å². The van der Waals surface area contributed by atoms with Gasteiger partial charge in [-0.1, -0.05) is 18.2 Å². The number of rotatable bonds is 10. The summed E-state index contributed by atoms with van der Waals surface area (Å²) in [5, 5.41) is 3.03. The van der Waals surface area contributed by atoms with Gasteiger partial charge in [0.25, 0.3) is 5.91 Å². The van der Waals surface area contributed by atoms with Gasteiger partial charge in [-0.3, -0.25) is 4.79 Å². The van der Waals surface area contributed by atoms with E-state index in [9.17, 15) is 4.79 Å². The summed E-state index contributed by atoms with van der Waals surface area (Å²) >= 11 is 0. The maximum Gasteiger partial charge on any atom is 0.251 e. The molecule has 29 heavy (non-hydrogen) atoms. The van der Waals surface area contributed by atoms with Crippen LogP contribution in [0.15, 0.2) is 49.1 Å². The van der Waals surface area contributed by atoms with Gasteiger partial charge >= 0.3 is 0 Å². The number of carbonyl (C=O) groups excluding carboxylic acids is 1. The van der Waals surface area contributed by atoms with Crippen LogP contribution in [0.2, 0.25) is 0 Å². The van der Waals surface area contributed by atoms with E-state index in [1.165, 1.54) is 0 Å². The highest BCUT2D eigenvalue weighted by molar-refractivity contribution is 5.95. The summed E-state index contributed by atoms with van der Waals surface area (Å²) in [4.78, 5) is 14.9. The average Bonchev–Trinajstić information content (AvgIpc) is 2.73. The Morgan fingerprint density at radius 3 is 2.31 bits per heavy atom. The van der Waals surface area contributed by atoms with Gasteiger partial charge in [-0.25, -0.2) is 0 Å². The molecule has 0 aromatic heterocycles. The zero-order valence-corrected chi connectivity index (χ0v) is 17.8. The van der Waals surface area contributed by atoms with Gasteiger partial charge in [0.05, 0.1) is 27.4 Å². The van der Waals surface area contributed by atoms with Crippen molar-refractivity contribution in [1.82, 2.24) is 10.2 Å². The summed E-state index contributed by atoms with van der Waals surface area (Å²) in [7, 11) is 8.76. The van der Waals surface area contributed by atoms with Crippen molar-refractivity contribution in [2.45, 2.75) is 12.5 Å². The first-order chi connectivity index (χ1) is 13.9. The molecule has 6 heteroatoms. The van der Waals surface area contributed by atoms with Crippen LogP contribution < -0.4 is 19.5 Å². The Labute approximate surface area is 173 Å². The van der Waals surface area contributed by atoms with Crippen molar-refractivity contribution >= 4 is 5.91 Å². The number of allylic oxidation sites excluding steroid dienone is 1. The number of nitrogens with zero attached hydrogens (tertiary/aromatic N) is 1. The van der Waals surface area contributed by atoms with Crippen molar-refractivity contribution in [3.8, 4) is 17.2 Å². The van der Waals surface area contributed by atoms with Gasteiger partial charge in [0, 0.05) is 17.7 Å². The normalized spacial score (nSPS) is 11.7. The maximum atomic E-state index is 12.9. The second kappa shape index (κ2) is 10.5. The lowest BCUT2D eigenvalue weighted by Crippen LogP contribution is -2.34. The predicted molar refractivity (Wildman–Crippen MR) is 115 cm³/mol. The minimum Gasteiger partial charge on any atom is -0.497 e. The molecule has 0 aliphatic carbocycles. The maximum absolute atomic E-state index is 12.9. The van der Waals surface area contributed by atoms with Crippen LogP contribution in [0.1, 0.15) is 27.5 Å². The predicted octanol–water partition coefficient (Wildman–Crippen LogP) is 3.47. The fraction of sp³-hybridized carbons (Fsp3) is 0.348. The second-order valence-corrected chi connectivity index (χ2v) is 6.83. The molecule has 1 N–H and O–H groups in total. The largest absolute Gasteiger partial charge is 0.497 e. The van der Waals surface area contributed by atoms with E-state index < -0.39 is 0 Å². The topological polar surface area (TPSA) is 60.0 Å². The molecule has 156 valence electrons. The molecule has 0 radical (unpaired) electrons. The number of ether oxygens (including phenoxy) is 3. The zero-order valence-electron chi connectivity index (χ0n) is 17.8. The smallest absolute Gasteiger partial charge is 0.251 e. The first-order valence-corrected chi connectivity index (χ1v) is 9.39. The lowest BCUT2D eigenvalue weighted by atomic mass is 10.0. The Hall–Kier alpha value is -2.99. The van der Waals surface area contributed by atoms with Gasteiger partial charge < -0.3 is 24.4 Å². The molecular formula is C23H30N2O4. The number of nitrogens with one attached hydrogen (secondary N) is 1. The van der Waals surface area contributed by atoms with E-state index in [2.05, 4.69) is 16.8 Å². The van der Waals surface area contributed by atoms with Gasteiger partial charge in [0.2, 0.25) is 0 Å². The molecule has 0 aliphatic heterocycles. The summed E-state index contributed by atoms with van der Waals surface area (Å²) in [5.74, 6) is 1.77. The van der Waals surface area contributed by atoms with E-state index in [4.69, 9.17) is 14.2 Å². The first-order valence-electron chi connectivity index (χ1n) is 9.39. The van der Waals surface area contributed by atoms with Crippen molar-refractivity contribution in [3.63, 3.8) is 0 Å². The Balaban J connectivity index is 2.21. The van der Waals surface area contributed by atoms with Crippen LogP contribution in [0, 0.1) is 0 Å². The van der Waals surface area contributed by atoms with Crippen LogP contribution >= 0.6 is 0 Å². The molecule has 1 atom stereocenters. The zero-order chi connectivity index (χ0) is 21.4. The van der Waals surface area contributed by atoms with Crippen LogP contribution in [0.3, 0.4) is 0 Å². The highest BCUT2D eigenvalue weighted by Crippen LogP contribution is 2.33. The number of carbonyl (C=O) groups is 1. The lowest BCUT2D eigenvalue weighted by Gasteiger charge is -2.25.